The highest BCUT2D eigenvalue weighted by molar-refractivity contribution is 5.95. The third-order valence-electron chi connectivity index (χ3n) is 3.65. The Balaban J connectivity index is 2.11. The number of hydrogen-bond donors (Lipinski definition) is 1. The van der Waals surface area contributed by atoms with E-state index in [1.54, 1.807) is 18.1 Å². The van der Waals surface area contributed by atoms with Gasteiger partial charge in [-0.1, -0.05) is 18.2 Å². The Morgan fingerprint density at radius 2 is 2.00 bits per heavy atom. The Hall–Kier alpha value is -1.81. The number of carbonyl (C=O) groups excluding carboxylic acids is 1. The summed E-state index contributed by atoms with van der Waals surface area (Å²) >= 11 is 0. The summed E-state index contributed by atoms with van der Waals surface area (Å²) < 4.78 is 5.31. The number of ether oxygens (including phenoxy) is 1. The smallest absolute Gasteiger partial charge is 0.246 e. The molecule has 4 heteroatoms. The van der Waals surface area contributed by atoms with Crippen LogP contribution in [0, 0.1) is 0 Å². The van der Waals surface area contributed by atoms with Crippen LogP contribution in [-0.2, 0) is 4.79 Å². The molecule has 108 valence electrons. The molecule has 0 saturated carbocycles. The molecule has 4 nitrogen and oxygen atoms in total. The number of nitrogens with zero attached hydrogens (tertiary/aromatic N) is 1. The average Bonchev–Trinajstić information content (AvgIpc) is 2.47. The molecule has 0 bridgehead atoms. The van der Waals surface area contributed by atoms with Gasteiger partial charge in [-0.3, -0.25) is 4.79 Å². The Kier molecular flexibility index (Phi) is 4.79. The highest BCUT2D eigenvalue weighted by atomic mass is 16.5. The largest absolute Gasteiger partial charge is 0.496 e. The minimum absolute atomic E-state index is 0.000283. The van der Waals surface area contributed by atoms with Crippen LogP contribution in [-0.4, -0.2) is 42.2 Å². The lowest BCUT2D eigenvalue weighted by atomic mass is 10.0. The first-order valence-corrected chi connectivity index (χ1v) is 6.90. The number of rotatable bonds is 3. The first-order valence-electron chi connectivity index (χ1n) is 6.90. The third kappa shape index (κ3) is 3.39. The molecular formula is C16H21NO3. The summed E-state index contributed by atoms with van der Waals surface area (Å²) in [7, 11) is 1.62. The molecular weight excluding hydrogens is 254 g/mol. The van der Waals surface area contributed by atoms with Gasteiger partial charge in [-0.05, 0) is 31.4 Å². The summed E-state index contributed by atoms with van der Waals surface area (Å²) in [5.41, 5.74) is 1.82. The molecule has 1 saturated heterocycles. The van der Waals surface area contributed by atoms with Crippen molar-refractivity contribution in [1.82, 2.24) is 4.90 Å². The number of para-hydroxylation sites is 1. The normalized spacial score (nSPS) is 17.1. The molecule has 1 aromatic carbocycles. The first-order chi connectivity index (χ1) is 9.61. The lowest BCUT2D eigenvalue weighted by Gasteiger charge is -2.28. The Morgan fingerprint density at radius 1 is 1.35 bits per heavy atom. The van der Waals surface area contributed by atoms with Gasteiger partial charge in [0.05, 0.1) is 13.2 Å². The van der Waals surface area contributed by atoms with Crippen molar-refractivity contribution in [2.24, 2.45) is 0 Å². The molecule has 0 aromatic heterocycles. The fourth-order valence-electron chi connectivity index (χ4n) is 2.41. The van der Waals surface area contributed by atoms with Gasteiger partial charge in [-0.15, -0.1) is 0 Å². The zero-order chi connectivity index (χ0) is 14.5. The van der Waals surface area contributed by atoms with E-state index in [0.29, 0.717) is 25.9 Å². The highest BCUT2D eigenvalue weighted by Crippen LogP contribution is 2.25. The van der Waals surface area contributed by atoms with Crippen LogP contribution < -0.4 is 4.74 Å². The molecule has 1 aromatic rings. The number of methoxy groups -OCH3 is 1. The predicted molar refractivity (Wildman–Crippen MR) is 78.5 cm³/mol. The number of aliphatic hydroxyl groups is 1. The van der Waals surface area contributed by atoms with Gasteiger partial charge in [-0.2, -0.15) is 0 Å². The van der Waals surface area contributed by atoms with Gasteiger partial charge in [-0.25, -0.2) is 0 Å². The zero-order valence-electron chi connectivity index (χ0n) is 12.0. The van der Waals surface area contributed by atoms with E-state index in [0.717, 1.165) is 16.9 Å². The van der Waals surface area contributed by atoms with Crippen molar-refractivity contribution in [3.8, 4) is 5.75 Å². The third-order valence-corrected chi connectivity index (χ3v) is 3.65. The van der Waals surface area contributed by atoms with Crippen molar-refractivity contribution in [3.05, 3.63) is 35.9 Å². The Labute approximate surface area is 119 Å². The molecule has 1 fully saturated rings. The van der Waals surface area contributed by atoms with E-state index < -0.39 is 0 Å². The van der Waals surface area contributed by atoms with Crippen molar-refractivity contribution < 1.29 is 14.6 Å². The summed E-state index contributed by atoms with van der Waals surface area (Å²) in [4.78, 5) is 14.0. The molecule has 1 aliphatic heterocycles. The van der Waals surface area contributed by atoms with E-state index in [4.69, 9.17) is 4.74 Å². The second-order valence-corrected chi connectivity index (χ2v) is 5.08. The van der Waals surface area contributed by atoms with Crippen molar-refractivity contribution in [2.45, 2.75) is 25.9 Å². The number of piperidine rings is 1. The quantitative estimate of drug-likeness (QED) is 0.859. The lowest BCUT2D eigenvalue weighted by molar-refractivity contribution is -0.127. The van der Waals surface area contributed by atoms with E-state index in [-0.39, 0.29) is 12.0 Å². The number of aliphatic hydroxyl groups excluding tert-OH is 1. The number of likely N-dealkylation sites (tertiary alicyclic amines) is 1. The fraction of sp³-hybridized carbons (Fsp3) is 0.438. The van der Waals surface area contributed by atoms with Crippen molar-refractivity contribution in [1.29, 1.82) is 0 Å². The number of allylic oxidation sites excluding steroid dienone is 1. The number of hydrogen-bond acceptors (Lipinski definition) is 3. The van der Waals surface area contributed by atoms with Crippen LogP contribution in [0.15, 0.2) is 30.3 Å². The van der Waals surface area contributed by atoms with E-state index in [1.165, 1.54) is 0 Å². The van der Waals surface area contributed by atoms with Gasteiger partial charge in [0.2, 0.25) is 5.91 Å². The Bertz CT molecular complexity index is 502. The molecule has 0 aliphatic carbocycles. The average molecular weight is 275 g/mol. The molecule has 20 heavy (non-hydrogen) atoms. The maximum atomic E-state index is 12.2. The molecule has 0 atom stereocenters. The van der Waals surface area contributed by atoms with Gasteiger partial charge in [0.1, 0.15) is 5.75 Å². The van der Waals surface area contributed by atoms with Crippen LogP contribution in [0.4, 0.5) is 0 Å². The van der Waals surface area contributed by atoms with E-state index in [9.17, 15) is 9.90 Å². The van der Waals surface area contributed by atoms with Crippen LogP contribution in [0.5, 0.6) is 5.75 Å². The van der Waals surface area contributed by atoms with Crippen molar-refractivity contribution in [2.75, 3.05) is 20.2 Å². The molecule has 1 N–H and O–H groups in total. The molecule has 2 rings (SSSR count). The molecule has 0 unspecified atom stereocenters. The molecule has 0 radical (unpaired) electrons. The second-order valence-electron chi connectivity index (χ2n) is 5.08. The maximum absolute atomic E-state index is 12.2. The van der Waals surface area contributed by atoms with Crippen LogP contribution in [0.1, 0.15) is 25.3 Å². The summed E-state index contributed by atoms with van der Waals surface area (Å²) in [6, 6.07) is 7.66. The number of amides is 1. The van der Waals surface area contributed by atoms with Gasteiger partial charge < -0.3 is 14.7 Å². The highest BCUT2D eigenvalue weighted by Gasteiger charge is 2.20. The standard InChI is InChI=1S/C16H21NO3/c1-12(14-5-3-4-6-15(14)20-2)11-16(19)17-9-7-13(18)8-10-17/h3-6,11,13,18H,7-10H2,1-2H3. The van der Waals surface area contributed by atoms with E-state index in [2.05, 4.69) is 0 Å². The van der Waals surface area contributed by atoms with Crippen LogP contribution >= 0.6 is 0 Å². The summed E-state index contributed by atoms with van der Waals surface area (Å²) in [6.07, 6.45) is 2.70. The lowest BCUT2D eigenvalue weighted by Crippen LogP contribution is -2.39. The fourth-order valence-corrected chi connectivity index (χ4v) is 2.41. The van der Waals surface area contributed by atoms with E-state index >= 15 is 0 Å². The summed E-state index contributed by atoms with van der Waals surface area (Å²) in [5, 5.41) is 9.47. The first kappa shape index (κ1) is 14.6. The van der Waals surface area contributed by atoms with Crippen LogP contribution in [0.3, 0.4) is 0 Å². The zero-order valence-corrected chi connectivity index (χ0v) is 12.0. The minimum Gasteiger partial charge on any atom is -0.496 e. The number of carbonyl (C=O) groups is 1. The van der Waals surface area contributed by atoms with Crippen LogP contribution in [0.2, 0.25) is 0 Å². The van der Waals surface area contributed by atoms with Gasteiger partial charge >= 0.3 is 0 Å². The molecule has 0 spiro atoms. The van der Waals surface area contributed by atoms with Gasteiger partial charge in [0.25, 0.3) is 0 Å². The van der Waals surface area contributed by atoms with Crippen molar-refractivity contribution in [3.63, 3.8) is 0 Å². The van der Waals surface area contributed by atoms with Crippen molar-refractivity contribution >= 4 is 11.5 Å². The SMILES string of the molecule is COc1ccccc1C(C)=CC(=O)N1CCC(O)CC1. The van der Waals surface area contributed by atoms with E-state index in [1.807, 2.05) is 31.2 Å². The summed E-state index contributed by atoms with van der Waals surface area (Å²) in [6.45, 7) is 3.15. The van der Waals surface area contributed by atoms with Crippen LogP contribution in [0.25, 0.3) is 5.57 Å². The number of benzene rings is 1. The second kappa shape index (κ2) is 6.57. The molecule has 1 heterocycles. The van der Waals surface area contributed by atoms with Gasteiger partial charge in [0.15, 0.2) is 0 Å². The maximum Gasteiger partial charge on any atom is 0.246 e. The predicted octanol–water partition coefficient (Wildman–Crippen LogP) is 2.08. The molecule has 1 amide bonds. The summed E-state index contributed by atoms with van der Waals surface area (Å²) in [5.74, 6) is 0.767. The van der Waals surface area contributed by atoms with Gasteiger partial charge in [0, 0.05) is 24.7 Å². The minimum atomic E-state index is -0.265. The monoisotopic (exact) mass is 275 g/mol. The molecule has 1 aliphatic rings. The Morgan fingerprint density at radius 3 is 2.65 bits per heavy atom. The topological polar surface area (TPSA) is 49.8 Å².